The summed E-state index contributed by atoms with van der Waals surface area (Å²) in [7, 11) is 2.28. The van der Waals surface area contributed by atoms with E-state index in [1.807, 2.05) is 0 Å². The second-order valence-electron chi connectivity index (χ2n) is 3.76. The van der Waals surface area contributed by atoms with Crippen molar-refractivity contribution in [2.24, 2.45) is 0 Å². The summed E-state index contributed by atoms with van der Waals surface area (Å²) in [6, 6.07) is 0. The third-order valence-electron chi connectivity index (χ3n) is 2.43. The topological polar surface area (TPSA) is 0 Å². The van der Waals surface area contributed by atoms with Gasteiger partial charge in [-0.3, -0.25) is 0 Å². The van der Waals surface area contributed by atoms with Crippen LogP contribution in [0.4, 0.5) is 0 Å². The monoisotopic (exact) mass is 156 g/mol. The summed E-state index contributed by atoms with van der Waals surface area (Å²) in [5, 5.41) is 0. The van der Waals surface area contributed by atoms with Gasteiger partial charge in [-0.1, -0.05) is 32.1 Å². The lowest BCUT2D eigenvalue weighted by Crippen LogP contribution is -2.22. The average Bonchev–Trinajstić information content (AvgIpc) is 1.81. The molecule has 0 bridgehead atoms. The number of rotatable bonds is 0. The summed E-state index contributed by atoms with van der Waals surface area (Å²) in [4.78, 5) is 0. The minimum Gasteiger partial charge on any atom is -0.182 e. The second-order valence-corrected chi connectivity index (χ2v) is 4.84. The fourth-order valence-corrected chi connectivity index (χ4v) is 1.98. The molecule has 10 heavy (non-hydrogen) atoms. The lowest BCUT2D eigenvalue weighted by molar-refractivity contribution is 0.490. The predicted octanol–water partition coefficient (Wildman–Crippen LogP) is 1.99. The molecule has 0 spiro atoms. The van der Waals surface area contributed by atoms with Crippen molar-refractivity contribution in [2.75, 3.05) is 0 Å². The molecule has 0 heterocycles. The van der Waals surface area contributed by atoms with Gasteiger partial charge in [0, 0.05) is 0 Å². The fraction of sp³-hybridized carbons (Fsp3) is 1.00. The maximum atomic E-state index is 4.63. The van der Waals surface area contributed by atoms with Crippen LogP contribution < -0.4 is 0 Å². The van der Waals surface area contributed by atoms with Gasteiger partial charge in [-0.25, -0.2) is 0 Å². The number of hydrogen-bond donors (Lipinski definition) is 1. The molecule has 0 aromatic heterocycles. The Morgan fingerprint density at radius 1 is 0.900 bits per heavy atom. The molecule has 2 heteroatoms. The Bertz CT molecular complexity index is 91.4. The first-order chi connectivity index (χ1) is 4.71. The molecule has 0 unspecified atom stereocenters. The lowest BCUT2D eigenvalue weighted by Gasteiger charge is -2.25. The van der Waals surface area contributed by atoms with Crippen LogP contribution in [0.5, 0.6) is 0 Å². The van der Waals surface area contributed by atoms with E-state index >= 15 is 0 Å². The van der Waals surface area contributed by atoms with Crippen LogP contribution in [0.25, 0.3) is 0 Å². The molecule has 0 aliphatic heterocycles. The predicted molar refractivity (Wildman–Crippen MR) is 52.6 cm³/mol. The Hall–Kier alpha value is 0.415. The molecule has 1 aliphatic rings. The van der Waals surface area contributed by atoms with Crippen molar-refractivity contribution >= 4 is 20.5 Å². The Balaban J connectivity index is 2.30. The van der Waals surface area contributed by atoms with Gasteiger partial charge in [0.25, 0.3) is 0 Å². The van der Waals surface area contributed by atoms with Gasteiger partial charge in [-0.15, -0.1) is 0 Å². The van der Waals surface area contributed by atoms with Crippen LogP contribution in [0.2, 0.25) is 0 Å². The van der Waals surface area contributed by atoms with Crippen molar-refractivity contribution in [3.8, 4) is 0 Å². The van der Waals surface area contributed by atoms with Crippen molar-refractivity contribution in [2.45, 2.75) is 49.6 Å². The first kappa shape index (κ1) is 8.51. The Morgan fingerprint density at radius 3 is 1.80 bits per heavy atom. The molecule has 0 nitrogen and oxygen atoms in total. The standard InChI is InChI=1S/C8H17BS/c9-8(10)6-4-2-1-3-5-7-8/h10H,1-7,9H2. The lowest BCUT2D eigenvalue weighted by atomic mass is 9.76. The summed E-state index contributed by atoms with van der Waals surface area (Å²) >= 11 is 4.63. The summed E-state index contributed by atoms with van der Waals surface area (Å²) < 4.78 is 0.348. The van der Waals surface area contributed by atoms with Crippen LogP contribution >= 0.6 is 12.6 Å². The third-order valence-corrected chi connectivity index (χ3v) is 2.88. The van der Waals surface area contributed by atoms with E-state index in [2.05, 4.69) is 20.5 Å². The summed E-state index contributed by atoms with van der Waals surface area (Å²) in [5.41, 5.74) is 0. The maximum Gasteiger partial charge on any atom is 0.122 e. The van der Waals surface area contributed by atoms with Crippen LogP contribution in [0, 0.1) is 0 Å². The van der Waals surface area contributed by atoms with Gasteiger partial charge in [0.05, 0.1) is 0 Å². The van der Waals surface area contributed by atoms with Crippen LogP contribution in [0.15, 0.2) is 0 Å². The molecule has 1 aliphatic carbocycles. The molecular weight excluding hydrogens is 139 g/mol. The van der Waals surface area contributed by atoms with Gasteiger partial charge in [-0.05, 0) is 17.5 Å². The minimum absolute atomic E-state index is 0.348. The molecule has 0 amide bonds. The first-order valence-corrected chi connectivity index (χ1v) is 4.88. The Kier molecular flexibility index (Phi) is 3.15. The normalized spacial score (nSPS) is 26.9. The van der Waals surface area contributed by atoms with E-state index in [0.717, 1.165) is 0 Å². The molecule has 0 saturated heterocycles. The molecule has 0 atom stereocenters. The van der Waals surface area contributed by atoms with E-state index in [4.69, 9.17) is 0 Å². The molecule has 58 valence electrons. The second kappa shape index (κ2) is 3.70. The molecule has 0 radical (unpaired) electrons. The van der Waals surface area contributed by atoms with E-state index in [-0.39, 0.29) is 0 Å². The highest BCUT2D eigenvalue weighted by atomic mass is 32.1. The van der Waals surface area contributed by atoms with E-state index in [1.54, 1.807) is 0 Å². The van der Waals surface area contributed by atoms with Gasteiger partial charge < -0.3 is 0 Å². The van der Waals surface area contributed by atoms with Crippen molar-refractivity contribution in [1.29, 1.82) is 0 Å². The van der Waals surface area contributed by atoms with Gasteiger partial charge in [0.15, 0.2) is 0 Å². The van der Waals surface area contributed by atoms with Crippen molar-refractivity contribution in [3.05, 3.63) is 0 Å². The smallest absolute Gasteiger partial charge is 0.122 e. The highest BCUT2D eigenvalue weighted by Crippen LogP contribution is 2.28. The summed E-state index contributed by atoms with van der Waals surface area (Å²) in [5.74, 6) is 0. The van der Waals surface area contributed by atoms with Gasteiger partial charge in [-0.2, -0.15) is 12.6 Å². The van der Waals surface area contributed by atoms with Gasteiger partial charge in [0.2, 0.25) is 0 Å². The molecule has 0 N–H and O–H groups in total. The Labute approximate surface area is 70.6 Å². The average molecular weight is 156 g/mol. The van der Waals surface area contributed by atoms with E-state index in [0.29, 0.717) is 4.65 Å². The highest BCUT2D eigenvalue weighted by molar-refractivity contribution is 7.83. The van der Waals surface area contributed by atoms with Crippen molar-refractivity contribution in [3.63, 3.8) is 0 Å². The maximum absolute atomic E-state index is 4.63. The highest BCUT2D eigenvalue weighted by Gasteiger charge is 2.19. The Morgan fingerprint density at radius 2 is 1.30 bits per heavy atom. The zero-order valence-electron chi connectivity index (χ0n) is 6.90. The van der Waals surface area contributed by atoms with E-state index < -0.39 is 0 Å². The summed E-state index contributed by atoms with van der Waals surface area (Å²) in [6.45, 7) is 0. The van der Waals surface area contributed by atoms with Crippen molar-refractivity contribution in [1.82, 2.24) is 0 Å². The van der Waals surface area contributed by atoms with Crippen molar-refractivity contribution < 1.29 is 0 Å². The molecule has 0 aromatic carbocycles. The largest absolute Gasteiger partial charge is 0.182 e. The molecule has 1 rings (SSSR count). The van der Waals surface area contributed by atoms with E-state index in [9.17, 15) is 0 Å². The first-order valence-electron chi connectivity index (χ1n) is 4.43. The van der Waals surface area contributed by atoms with Crippen LogP contribution in [-0.2, 0) is 0 Å². The zero-order valence-corrected chi connectivity index (χ0v) is 7.79. The minimum atomic E-state index is 0.348. The van der Waals surface area contributed by atoms with Crippen LogP contribution in [-0.4, -0.2) is 12.5 Å². The van der Waals surface area contributed by atoms with E-state index in [1.165, 1.54) is 44.9 Å². The molecule has 1 fully saturated rings. The van der Waals surface area contributed by atoms with Crippen LogP contribution in [0.3, 0.4) is 0 Å². The SMILES string of the molecule is BC1(S)CCCCCCC1. The molecule has 1 saturated carbocycles. The quantitative estimate of drug-likeness (QED) is 0.402. The number of thiol groups is 1. The van der Waals surface area contributed by atoms with Gasteiger partial charge in [0.1, 0.15) is 7.85 Å². The van der Waals surface area contributed by atoms with Gasteiger partial charge >= 0.3 is 0 Å². The molecular formula is C8H17BS. The number of hydrogen-bond acceptors (Lipinski definition) is 1. The fourth-order valence-electron chi connectivity index (χ4n) is 1.67. The molecule has 0 aromatic rings. The van der Waals surface area contributed by atoms with Crippen LogP contribution in [0.1, 0.15) is 44.9 Å². The third kappa shape index (κ3) is 3.00. The zero-order chi connectivity index (χ0) is 7.45. The summed E-state index contributed by atoms with van der Waals surface area (Å²) in [6.07, 6.45) is 9.71.